The molecule has 0 radical (unpaired) electrons. The Morgan fingerprint density at radius 3 is 2.28 bits per heavy atom. The zero-order valence-electron chi connectivity index (χ0n) is 10.0. The summed E-state index contributed by atoms with van der Waals surface area (Å²) in [5, 5.41) is 0. The monoisotopic (exact) mass is 242 g/mol. The Hall–Kier alpha value is -2.14. The van der Waals surface area contributed by atoms with Crippen molar-refractivity contribution in [1.29, 1.82) is 0 Å². The van der Waals surface area contributed by atoms with Crippen LogP contribution in [-0.2, 0) is 6.42 Å². The molecule has 0 aromatic heterocycles. The van der Waals surface area contributed by atoms with Gasteiger partial charge in [0.15, 0.2) is 0 Å². The Morgan fingerprint density at radius 2 is 1.67 bits per heavy atom. The highest BCUT2D eigenvalue weighted by atomic mass is 19.1. The predicted molar refractivity (Wildman–Crippen MR) is 68.2 cm³/mol. The highest BCUT2D eigenvalue weighted by Gasteiger charge is 1.99. The standard InChI is InChI=1S/C16H12F2/c1-2-12-3-5-13(6-4-12)7-8-14-9-10-15(17)11-16(14)18/h3-6,9-11H,2H2,1H3. The lowest BCUT2D eigenvalue weighted by Crippen LogP contribution is -1.85. The second kappa shape index (κ2) is 5.46. The molecule has 0 spiro atoms. The summed E-state index contributed by atoms with van der Waals surface area (Å²) in [6.07, 6.45) is 0.973. The Balaban J connectivity index is 2.25. The van der Waals surface area contributed by atoms with E-state index in [2.05, 4.69) is 18.8 Å². The average molecular weight is 242 g/mol. The van der Waals surface area contributed by atoms with E-state index in [9.17, 15) is 8.78 Å². The van der Waals surface area contributed by atoms with Crippen molar-refractivity contribution in [3.63, 3.8) is 0 Å². The maximum atomic E-state index is 13.3. The van der Waals surface area contributed by atoms with E-state index in [-0.39, 0.29) is 5.56 Å². The highest BCUT2D eigenvalue weighted by Crippen LogP contribution is 2.09. The lowest BCUT2D eigenvalue weighted by molar-refractivity contribution is 0.581. The Bertz CT molecular complexity index is 601. The Labute approximate surface area is 105 Å². The maximum Gasteiger partial charge on any atom is 0.141 e. The molecule has 2 heteroatoms. The normalized spacial score (nSPS) is 9.72. The summed E-state index contributed by atoms with van der Waals surface area (Å²) < 4.78 is 26.0. The quantitative estimate of drug-likeness (QED) is 0.665. The third kappa shape index (κ3) is 2.95. The molecule has 2 aromatic carbocycles. The van der Waals surface area contributed by atoms with Gasteiger partial charge < -0.3 is 0 Å². The van der Waals surface area contributed by atoms with Crippen LogP contribution in [0.1, 0.15) is 23.6 Å². The lowest BCUT2D eigenvalue weighted by atomic mass is 10.1. The Morgan fingerprint density at radius 1 is 0.944 bits per heavy atom. The average Bonchev–Trinajstić information content (AvgIpc) is 2.38. The summed E-state index contributed by atoms with van der Waals surface area (Å²) in [5.74, 6) is 4.34. The van der Waals surface area contributed by atoms with E-state index >= 15 is 0 Å². The molecule has 0 N–H and O–H groups in total. The first kappa shape index (κ1) is 12.3. The van der Waals surface area contributed by atoms with Gasteiger partial charge in [0, 0.05) is 11.6 Å². The minimum absolute atomic E-state index is 0.205. The van der Waals surface area contributed by atoms with Gasteiger partial charge in [0.25, 0.3) is 0 Å². The van der Waals surface area contributed by atoms with Crippen molar-refractivity contribution in [2.45, 2.75) is 13.3 Å². The topological polar surface area (TPSA) is 0 Å². The van der Waals surface area contributed by atoms with Crippen molar-refractivity contribution >= 4 is 0 Å². The molecule has 0 fully saturated rings. The first-order valence-corrected chi connectivity index (χ1v) is 5.75. The van der Waals surface area contributed by atoms with Crippen LogP contribution in [-0.4, -0.2) is 0 Å². The van der Waals surface area contributed by atoms with Crippen molar-refractivity contribution in [1.82, 2.24) is 0 Å². The summed E-state index contributed by atoms with van der Waals surface area (Å²) in [5.41, 5.74) is 2.25. The van der Waals surface area contributed by atoms with Crippen LogP contribution >= 0.6 is 0 Å². The molecule has 0 atom stereocenters. The van der Waals surface area contributed by atoms with Crippen LogP contribution in [0.2, 0.25) is 0 Å². The zero-order chi connectivity index (χ0) is 13.0. The molecule has 18 heavy (non-hydrogen) atoms. The third-order valence-corrected chi connectivity index (χ3v) is 2.63. The van der Waals surface area contributed by atoms with Gasteiger partial charge in [-0.3, -0.25) is 0 Å². The van der Waals surface area contributed by atoms with Crippen LogP contribution < -0.4 is 0 Å². The van der Waals surface area contributed by atoms with Gasteiger partial charge in [-0.15, -0.1) is 0 Å². The van der Waals surface area contributed by atoms with Gasteiger partial charge in [0.1, 0.15) is 11.6 Å². The second-order valence-corrected chi connectivity index (χ2v) is 3.92. The number of hydrogen-bond donors (Lipinski definition) is 0. The van der Waals surface area contributed by atoms with E-state index < -0.39 is 11.6 Å². The summed E-state index contributed by atoms with van der Waals surface area (Å²) in [6.45, 7) is 2.08. The molecule has 0 saturated carbocycles. The molecule has 0 amide bonds. The molecular formula is C16H12F2. The molecule has 0 aliphatic carbocycles. The number of benzene rings is 2. The minimum atomic E-state index is -0.632. The molecule has 0 unspecified atom stereocenters. The molecule has 2 aromatic rings. The number of halogens is 2. The molecule has 0 nitrogen and oxygen atoms in total. The summed E-state index contributed by atoms with van der Waals surface area (Å²) >= 11 is 0. The van der Waals surface area contributed by atoms with Crippen LogP contribution in [0.4, 0.5) is 8.78 Å². The summed E-state index contributed by atoms with van der Waals surface area (Å²) in [7, 11) is 0. The van der Waals surface area contributed by atoms with Crippen molar-refractivity contribution in [2.24, 2.45) is 0 Å². The summed E-state index contributed by atoms with van der Waals surface area (Å²) in [6, 6.07) is 11.2. The molecule has 2 rings (SSSR count). The smallest absolute Gasteiger partial charge is 0.141 e. The molecule has 0 aliphatic rings. The van der Waals surface area contributed by atoms with E-state index in [1.165, 1.54) is 17.7 Å². The molecular weight excluding hydrogens is 230 g/mol. The fraction of sp³-hybridized carbons (Fsp3) is 0.125. The SMILES string of the molecule is CCc1ccc(C#Cc2ccc(F)cc2F)cc1. The van der Waals surface area contributed by atoms with E-state index in [1.807, 2.05) is 24.3 Å². The van der Waals surface area contributed by atoms with Gasteiger partial charge in [-0.1, -0.05) is 30.9 Å². The van der Waals surface area contributed by atoms with E-state index in [0.717, 1.165) is 18.1 Å². The van der Waals surface area contributed by atoms with Gasteiger partial charge >= 0.3 is 0 Å². The van der Waals surface area contributed by atoms with Crippen molar-refractivity contribution < 1.29 is 8.78 Å². The Kier molecular flexibility index (Phi) is 3.74. The van der Waals surface area contributed by atoms with Crippen molar-refractivity contribution in [3.8, 4) is 11.8 Å². The van der Waals surface area contributed by atoms with Gasteiger partial charge in [0.05, 0.1) is 5.56 Å². The molecule has 90 valence electrons. The second-order valence-electron chi connectivity index (χ2n) is 3.92. The fourth-order valence-corrected chi connectivity index (χ4v) is 1.55. The largest absolute Gasteiger partial charge is 0.207 e. The number of hydrogen-bond acceptors (Lipinski definition) is 0. The molecule has 0 heterocycles. The maximum absolute atomic E-state index is 13.3. The first-order valence-electron chi connectivity index (χ1n) is 5.75. The number of rotatable bonds is 1. The summed E-state index contributed by atoms with van der Waals surface area (Å²) in [4.78, 5) is 0. The lowest BCUT2D eigenvalue weighted by Gasteiger charge is -1.96. The number of aryl methyl sites for hydroxylation is 1. The van der Waals surface area contributed by atoms with Gasteiger partial charge in [0.2, 0.25) is 0 Å². The zero-order valence-corrected chi connectivity index (χ0v) is 10.0. The van der Waals surface area contributed by atoms with Gasteiger partial charge in [-0.05, 0) is 36.2 Å². The molecule has 0 saturated heterocycles. The van der Waals surface area contributed by atoms with E-state index in [4.69, 9.17) is 0 Å². The van der Waals surface area contributed by atoms with Crippen LogP contribution in [0.15, 0.2) is 42.5 Å². The first-order chi connectivity index (χ1) is 8.69. The van der Waals surface area contributed by atoms with Gasteiger partial charge in [-0.2, -0.15) is 0 Å². The molecule has 0 aliphatic heterocycles. The third-order valence-electron chi connectivity index (χ3n) is 2.63. The van der Waals surface area contributed by atoms with Crippen LogP contribution in [0.25, 0.3) is 0 Å². The van der Waals surface area contributed by atoms with E-state index in [1.54, 1.807) is 0 Å². The van der Waals surface area contributed by atoms with E-state index in [0.29, 0.717) is 0 Å². The van der Waals surface area contributed by atoms with Gasteiger partial charge in [-0.25, -0.2) is 8.78 Å². The van der Waals surface area contributed by atoms with Crippen LogP contribution in [0.3, 0.4) is 0 Å². The van der Waals surface area contributed by atoms with Crippen LogP contribution in [0, 0.1) is 23.5 Å². The van der Waals surface area contributed by atoms with Crippen LogP contribution in [0.5, 0.6) is 0 Å². The molecule has 0 bridgehead atoms. The minimum Gasteiger partial charge on any atom is -0.207 e. The highest BCUT2D eigenvalue weighted by molar-refractivity contribution is 5.43. The fourth-order valence-electron chi connectivity index (χ4n) is 1.55. The van der Waals surface area contributed by atoms with Crippen molar-refractivity contribution in [2.75, 3.05) is 0 Å². The van der Waals surface area contributed by atoms with Crippen molar-refractivity contribution in [3.05, 3.63) is 70.8 Å². The predicted octanol–water partition coefficient (Wildman–Crippen LogP) is 3.93.